The Balaban J connectivity index is 1.10. The summed E-state index contributed by atoms with van der Waals surface area (Å²) < 4.78 is 19.8. The van der Waals surface area contributed by atoms with Crippen LogP contribution in [0.2, 0.25) is 0 Å². The van der Waals surface area contributed by atoms with E-state index >= 15 is 0 Å². The third kappa shape index (κ3) is 4.82. The lowest BCUT2D eigenvalue weighted by Gasteiger charge is -2.34. The van der Waals surface area contributed by atoms with Crippen LogP contribution in [0.3, 0.4) is 0 Å². The number of aromatic nitrogens is 3. The van der Waals surface area contributed by atoms with Crippen molar-refractivity contribution in [2.24, 2.45) is 0 Å². The molecule has 0 N–H and O–H groups in total. The predicted octanol–water partition coefficient (Wildman–Crippen LogP) is 3.92. The van der Waals surface area contributed by atoms with Gasteiger partial charge in [0.2, 0.25) is 11.8 Å². The van der Waals surface area contributed by atoms with Crippen molar-refractivity contribution in [3.8, 4) is 11.5 Å². The zero-order valence-corrected chi connectivity index (χ0v) is 18.7. The van der Waals surface area contributed by atoms with E-state index in [1.54, 1.807) is 23.5 Å². The number of thioether (sulfide) groups is 1. The minimum atomic E-state index is -0.325. The van der Waals surface area contributed by atoms with Gasteiger partial charge in [0.05, 0.1) is 22.5 Å². The summed E-state index contributed by atoms with van der Waals surface area (Å²) in [5.74, 6) is 0.274. The number of carbonyl (C=O) groups excluding carboxylic acids is 1. The summed E-state index contributed by atoms with van der Waals surface area (Å²) >= 11 is 2.95. The molecule has 1 aliphatic heterocycles. The van der Waals surface area contributed by atoms with E-state index in [0.717, 1.165) is 30.2 Å². The fraction of sp³-hybridized carbons (Fsp3) is 0.273. The van der Waals surface area contributed by atoms with Crippen molar-refractivity contribution >= 4 is 39.2 Å². The van der Waals surface area contributed by atoms with E-state index in [0.29, 0.717) is 29.8 Å². The molecule has 32 heavy (non-hydrogen) atoms. The van der Waals surface area contributed by atoms with Crippen LogP contribution in [-0.4, -0.2) is 62.8 Å². The number of carbonyl (C=O) groups is 1. The molecule has 0 atom stereocenters. The Morgan fingerprint density at radius 1 is 1.06 bits per heavy atom. The summed E-state index contributed by atoms with van der Waals surface area (Å²) in [6, 6.07) is 14.0. The third-order valence-corrected chi connectivity index (χ3v) is 7.06. The molecule has 7 nitrogen and oxygen atoms in total. The number of amides is 1. The van der Waals surface area contributed by atoms with Crippen LogP contribution in [-0.2, 0) is 11.3 Å². The van der Waals surface area contributed by atoms with Gasteiger partial charge in [-0.15, -0.1) is 21.5 Å². The van der Waals surface area contributed by atoms with Crippen LogP contribution in [0.4, 0.5) is 4.39 Å². The SMILES string of the molecule is O=C(CSc1nnc(-c2ccc(F)cc2)o1)N1CCN(Cc2nc3ccccc3s2)CC1. The monoisotopic (exact) mass is 469 g/mol. The molecule has 2 aromatic heterocycles. The molecule has 1 aliphatic rings. The lowest BCUT2D eigenvalue weighted by atomic mass is 10.2. The van der Waals surface area contributed by atoms with Gasteiger partial charge in [-0.3, -0.25) is 9.69 Å². The topological polar surface area (TPSA) is 75.4 Å². The minimum absolute atomic E-state index is 0.0520. The number of hydrogen-bond acceptors (Lipinski definition) is 8. The van der Waals surface area contributed by atoms with Gasteiger partial charge in [-0.2, -0.15) is 0 Å². The molecule has 0 aliphatic carbocycles. The van der Waals surface area contributed by atoms with E-state index in [9.17, 15) is 9.18 Å². The molecule has 0 unspecified atom stereocenters. The van der Waals surface area contributed by atoms with Crippen LogP contribution in [0, 0.1) is 5.82 Å². The first-order valence-corrected chi connectivity index (χ1v) is 12.0. The molecule has 1 saturated heterocycles. The van der Waals surface area contributed by atoms with Gasteiger partial charge in [0.25, 0.3) is 5.22 Å². The second kappa shape index (κ2) is 9.35. The van der Waals surface area contributed by atoms with Crippen molar-refractivity contribution in [3.63, 3.8) is 0 Å². The number of thiazole rings is 1. The lowest BCUT2D eigenvalue weighted by molar-refractivity contribution is -0.130. The highest BCUT2D eigenvalue weighted by Gasteiger charge is 2.22. The summed E-state index contributed by atoms with van der Waals surface area (Å²) in [6.07, 6.45) is 0. The van der Waals surface area contributed by atoms with Crippen LogP contribution in [0.15, 0.2) is 58.2 Å². The summed E-state index contributed by atoms with van der Waals surface area (Å²) in [6.45, 7) is 3.83. The highest BCUT2D eigenvalue weighted by atomic mass is 32.2. The van der Waals surface area contributed by atoms with E-state index in [1.807, 2.05) is 23.1 Å². The Kier molecular flexibility index (Phi) is 6.15. The van der Waals surface area contributed by atoms with E-state index in [2.05, 4.69) is 21.2 Å². The number of para-hydroxylation sites is 1. The van der Waals surface area contributed by atoms with Crippen molar-refractivity contribution in [1.29, 1.82) is 0 Å². The second-order valence-corrected chi connectivity index (χ2v) is 9.44. The molecule has 2 aromatic carbocycles. The van der Waals surface area contributed by atoms with E-state index in [1.165, 1.54) is 28.6 Å². The van der Waals surface area contributed by atoms with Gasteiger partial charge in [0, 0.05) is 31.7 Å². The molecular weight excluding hydrogens is 449 g/mol. The maximum atomic E-state index is 13.1. The van der Waals surface area contributed by atoms with Gasteiger partial charge in [-0.25, -0.2) is 9.37 Å². The van der Waals surface area contributed by atoms with Crippen LogP contribution >= 0.6 is 23.1 Å². The Labute approximate surface area is 192 Å². The van der Waals surface area contributed by atoms with Gasteiger partial charge in [0.15, 0.2) is 0 Å². The Hall–Kier alpha value is -2.82. The lowest BCUT2D eigenvalue weighted by Crippen LogP contribution is -2.48. The van der Waals surface area contributed by atoms with Crippen molar-refractivity contribution in [2.45, 2.75) is 11.8 Å². The van der Waals surface area contributed by atoms with Crippen molar-refractivity contribution in [1.82, 2.24) is 25.0 Å². The molecule has 1 amide bonds. The quantitative estimate of drug-likeness (QED) is 0.396. The van der Waals surface area contributed by atoms with Crippen LogP contribution < -0.4 is 0 Å². The van der Waals surface area contributed by atoms with E-state index < -0.39 is 0 Å². The van der Waals surface area contributed by atoms with Gasteiger partial charge >= 0.3 is 0 Å². The Morgan fingerprint density at radius 3 is 2.62 bits per heavy atom. The zero-order valence-electron chi connectivity index (χ0n) is 17.1. The number of halogens is 1. The zero-order chi connectivity index (χ0) is 21.9. The highest BCUT2D eigenvalue weighted by Crippen LogP contribution is 2.25. The first-order chi connectivity index (χ1) is 15.6. The number of piperazine rings is 1. The first-order valence-electron chi connectivity index (χ1n) is 10.2. The molecule has 0 saturated carbocycles. The number of hydrogen-bond donors (Lipinski definition) is 0. The van der Waals surface area contributed by atoms with Gasteiger partial charge < -0.3 is 9.32 Å². The molecule has 3 heterocycles. The molecule has 4 aromatic rings. The van der Waals surface area contributed by atoms with Crippen molar-refractivity contribution < 1.29 is 13.6 Å². The average molecular weight is 470 g/mol. The predicted molar refractivity (Wildman–Crippen MR) is 122 cm³/mol. The minimum Gasteiger partial charge on any atom is -0.411 e. The first kappa shape index (κ1) is 21.0. The van der Waals surface area contributed by atoms with E-state index in [4.69, 9.17) is 9.40 Å². The maximum Gasteiger partial charge on any atom is 0.277 e. The molecule has 1 fully saturated rings. The number of nitrogens with zero attached hydrogens (tertiary/aromatic N) is 5. The van der Waals surface area contributed by atoms with Gasteiger partial charge in [-0.05, 0) is 36.4 Å². The van der Waals surface area contributed by atoms with Crippen LogP contribution in [0.1, 0.15) is 5.01 Å². The molecule has 5 rings (SSSR count). The van der Waals surface area contributed by atoms with Gasteiger partial charge in [0.1, 0.15) is 10.8 Å². The molecular formula is C22H20FN5O2S2. The Morgan fingerprint density at radius 2 is 1.84 bits per heavy atom. The second-order valence-electron chi connectivity index (χ2n) is 7.40. The molecule has 10 heteroatoms. The van der Waals surface area contributed by atoms with Crippen molar-refractivity contribution in [2.75, 3.05) is 31.9 Å². The standard InChI is InChI=1S/C22H20FN5O2S2/c23-16-7-5-15(6-8-16)21-25-26-22(30-21)31-14-20(29)28-11-9-27(10-12-28)13-19-24-17-3-1-2-4-18(17)32-19/h1-8H,9-14H2. The molecule has 164 valence electrons. The third-order valence-electron chi connectivity index (χ3n) is 5.24. The van der Waals surface area contributed by atoms with Crippen LogP contribution in [0.25, 0.3) is 21.7 Å². The van der Waals surface area contributed by atoms with Crippen LogP contribution in [0.5, 0.6) is 0 Å². The summed E-state index contributed by atoms with van der Waals surface area (Å²) in [4.78, 5) is 21.5. The fourth-order valence-electron chi connectivity index (χ4n) is 3.53. The molecule has 0 radical (unpaired) electrons. The summed E-state index contributed by atoms with van der Waals surface area (Å²) in [7, 11) is 0. The largest absolute Gasteiger partial charge is 0.411 e. The highest BCUT2D eigenvalue weighted by molar-refractivity contribution is 7.99. The van der Waals surface area contributed by atoms with E-state index in [-0.39, 0.29) is 17.5 Å². The summed E-state index contributed by atoms with van der Waals surface area (Å²) in [5, 5.41) is 9.38. The number of fused-ring (bicyclic) bond motifs is 1. The summed E-state index contributed by atoms with van der Waals surface area (Å²) in [5.41, 5.74) is 1.68. The number of rotatable bonds is 6. The maximum absolute atomic E-state index is 13.1. The smallest absolute Gasteiger partial charge is 0.277 e. The molecule has 0 spiro atoms. The number of benzene rings is 2. The molecule has 0 bridgehead atoms. The fourth-order valence-corrected chi connectivity index (χ4v) is 5.20. The normalized spacial score (nSPS) is 14.8. The Bertz CT molecular complexity index is 1190. The van der Waals surface area contributed by atoms with Gasteiger partial charge in [-0.1, -0.05) is 23.9 Å². The van der Waals surface area contributed by atoms with Crippen molar-refractivity contribution in [3.05, 3.63) is 59.4 Å². The average Bonchev–Trinajstić information content (AvgIpc) is 3.45.